The molecule has 0 saturated carbocycles. The molecule has 7 atom stereocenters. The smallest absolute Gasteiger partial charge is 0.244 e. The molecule has 7 nitrogen and oxygen atoms in total. The molecule has 186 valence electrons. The lowest BCUT2D eigenvalue weighted by Crippen LogP contribution is -2.58. The largest absolute Gasteiger partial charge is 0.394 e. The quantitative estimate of drug-likeness (QED) is 0.452. The van der Waals surface area contributed by atoms with Crippen molar-refractivity contribution in [3.05, 3.63) is 35.9 Å². The van der Waals surface area contributed by atoms with Gasteiger partial charge in [-0.1, -0.05) is 53.2 Å². The molecule has 3 amide bonds. The maximum absolute atomic E-state index is 14.1. The molecule has 3 heterocycles. The molecule has 3 unspecified atom stereocenters. The molecule has 9 heteroatoms. The van der Waals surface area contributed by atoms with Crippen molar-refractivity contribution < 1.29 is 19.5 Å². The van der Waals surface area contributed by atoms with E-state index in [9.17, 15) is 19.5 Å². The van der Waals surface area contributed by atoms with Crippen LogP contribution in [0.25, 0.3) is 0 Å². The number of aliphatic hydroxyl groups excluding tert-OH is 1. The van der Waals surface area contributed by atoms with Gasteiger partial charge in [-0.25, -0.2) is 0 Å². The highest BCUT2D eigenvalue weighted by Gasteiger charge is 2.76. The average molecular weight is 553 g/mol. The van der Waals surface area contributed by atoms with Crippen molar-refractivity contribution in [2.24, 2.45) is 11.8 Å². The summed E-state index contributed by atoms with van der Waals surface area (Å²) in [6.45, 7) is 7.97. The molecule has 0 radical (unpaired) electrons. The lowest BCUT2D eigenvalue weighted by molar-refractivity contribution is -0.143. The predicted octanol–water partition coefficient (Wildman–Crippen LogP) is 2.63. The number of aliphatic hydroxyl groups is 1. The topological polar surface area (TPSA) is 98.7 Å². The van der Waals surface area contributed by atoms with Crippen molar-refractivity contribution in [1.82, 2.24) is 15.5 Å². The number of nitrogens with one attached hydrogen (secondary N) is 2. The number of rotatable bonds is 7. The van der Waals surface area contributed by atoms with Gasteiger partial charge in [-0.15, -0.1) is 11.8 Å². The van der Waals surface area contributed by atoms with Gasteiger partial charge in [0, 0.05) is 22.2 Å². The van der Waals surface area contributed by atoms with E-state index in [4.69, 9.17) is 0 Å². The molecule has 3 fully saturated rings. The van der Waals surface area contributed by atoms with Crippen molar-refractivity contribution in [1.29, 1.82) is 0 Å². The van der Waals surface area contributed by atoms with Crippen LogP contribution >= 0.6 is 27.7 Å². The average Bonchev–Trinajstić information content (AvgIpc) is 3.36. The van der Waals surface area contributed by atoms with E-state index in [1.54, 1.807) is 16.7 Å². The highest BCUT2D eigenvalue weighted by Crippen LogP contribution is 2.68. The van der Waals surface area contributed by atoms with E-state index in [0.717, 1.165) is 12.0 Å². The number of carbonyl (C=O) groups excluding carboxylic acids is 3. The SMILES string of the molecule is CCCNC(=O)[C@H]1[C@H]2C(=O)N([C@H](CO)c3ccccc3)C(C(=O)NC(C)(C)C)C23CC(Br)[C@@H]1S3. The Morgan fingerprint density at radius 2 is 1.94 bits per heavy atom. The Hall–Kier alpha value is -1.58. The first-order valence-corrected chi connectivity index (χ1v) is 13.7. The molecule has 0 aliphatic carbocycles. The van der Waals surface area contributed by atoms with Gasteiger partial charge in [0.1, 0.15) is 6.04 Å². The van der Waals surface area contributed by atoms with Crippen molar-refractivity contribution in [3.8, 4) is 0 Å². The second kappa shape index (κ2) is 9.47. The number of fused-ring (bicyclic) bond motifs is 1. The maximum atomic E-state index is 14.1. The number of amides is 3. The van der Waals surface area contributed by atoms with E-state index < -0.39 is 34.2 Å². The van der Waals surface area contributed by atoms with Crippen LogP contribution in [0.4, 0.5) is 0 Å². The predicted molar refractivity (Wildman–Crippen MR) is 137 cm³/mol. The third-order valence-electron chi connectivity index (χ3n) is 7.02. The van der Waals surface area contributed by atoms with Crippen molar-refractivity contribution in [2.45, 2.75) is 73.0 Å². The minimum Gasteiger partial charge on any atom is -0.394 e. The molecule has 4 rings (SSSR count). The molecular formula is C25H34BrN3O4S. The Morgan fingerprint density at radius 1 is 1.26 bits per heavy atom. The first-order valence-electron chi connectivity index (χ1n) is 12.0. The van der Waals surface area contributed by atoms with E-state index in [2.05, 4.69) is 26.6 Å². The number of benzene rings is 1. The van der Waals surface area contributed by atoms with E-state index in [-0.39, 0.29) is 34.4 Å². The fourth-order valence-electron chi connectivity index (χ4n) is 5.84. The number of thioether (sulfide) groups is 1. The zero-order valence-corrected chi connectivity index (χ0v) is 22.5. The Morgan fingerprint density at radius 3 is 2.53 bits per heavy atom. The van der Waals surface area contributed by atoms with E-state index in [1.807, 2.05) is 58.0 Å². The molecule has 3 saturated heterocycles. The van der Waals surface area contributed by atoms with E-state index in [0.29, 0.717) is 13.0 Å². The first kappa shape index (κ1) is 25.5. The molecule has 1 aromatic rings. The fourth-order valence-corrected chi connectivity index (χ4v) is 9.44. The summed E-state index contributed by atoms with van der Waals surface area (Å²) in [5.74, 6) is -1.71. The molecule has 34 heavy (non-hydrogen) atoms. The first-order chi connectivity index (χ1) is 16.1. The summed E-state index contributed by atoms with van der Waals surface area (Å²) in [4.78, 5) is 42.9. The van der Waals surface area contributed by atoms with Crippen LogP contribution in [0.2, 0.25) is 0 Å². The third kappa shape index (κ3) is 4.17. The Balaban J connectivity index is 1.81. The van der Waals surface area contributed by atoms with Gasteiger partial charge in [0.2, 0.25) is 17.7 Å². The highest BCUT2D eigenvalue weighted by molar-refractivity contribution is 9.09. The number of carbonyl (C=O) groups is 3. The Labute approximate surface area is 213 Å². The zero-order valence-electron chi connectivity index (χ0n) is 20.1. The molecule has 1 spiro atoms. The summed E-state index contributed by atoms with van der Waals surface area (Å²) < 4.78 is -0.734. The summed E-state index contributed by atoms with van der Waals surface area (Å²) in [6, 6.07) is 7.86. The second-order valence-electron chi connectivity index (χ2n) is 10.5. The monoisotopic (exact) mass is 551 g/mol. The lowest BCUT2D eigenvalue weighted by atomic mass is 9.70. The highest BCUT2D eigenvalue weighted by atomic mass is 79.9. The van der Waals surface area contributed by atoms with Gasteiger partial charge in [-0.3, -0.25) is 14.4 Å². The van der Waals surface area contributed by atoms with Gasteiger partial charge in [-0.05, 0) is 39.2 Å². The number of nitrogens with zero attached hydrogens (tertiary/aromatic N) is 1. The molecule has 1 aromatic carbocycles. The molecule has 0 aromatic heterocycles. The van der Waals surface area contributed by atoms with Gasteiger partial charge in [0.25, 0.3) is 0 Å². The van der Waals surface area contributed by atoms with Gasteiger partial charge < -0.3 is 20.6 Å². The van der Waals surface area contributed by atoms with Crippen molar-refractivity contribution >= 4 is 45.4 Å². The zero-order chi connectivity index (χ0) is 24.8. The summed E-state index contributed by atoms with van der Waals surface area (Å²) in [7, 11) is 0. The Bertz CT molecular complexity index is 955. The minimum atomic E-state index is -0.791. The number of halogens is 1. The fraction of sp³-hybridized carbons (Fsp3) is 0.640. The summed E-state index contributed by atoms with van der Waals surface area (Å²) in [5.41, 5.74) is 0.278. The van der Waals surface area contributed by atoms with E-state index >= 15 is 0 Å². The standard InChI is InChI=1S/C25H34BrN3O4S/c1-5-11-27-21(31)17-18-23(33)29(16(13-30)14-9-7-6-8-10-14)20(22(32)28-24(2,3)4)25(18)12-15(26)19(17)34-25/h6-10,15-20,30H,5,11-13H2,1-4H3,(H,27,31)(H,28,32)/t15?,16-,17+,18+,19+,20?,25?/m1/s1. The van der Waals surface area contributed by atoms with E-state index in [1.165, 1.54) is 0 Å². The molecule has 3 aliphatic rings. The number of hydrogen-bond acceptors (Lipinski definition) is 5. The van der Waals surface area contributed by atoms with Gasteiger partial charge in [0.15, 0.2) is 0 Å². The van der Waals surface area contributed by atoms with Crippen LogP contribution in [0.5, 0.6) is 0 Å². The van der Waals surface area contributed by atoms with Crippen molar-refractivity contribution in [2.75, 3.05) is 13.2 Å². The minimum absolute atomic E-state index is 0.0214. The number of alkyl halides is 1. The molecule has 3 aliphatic heterocycles. The lowest BCUT2D eigenvalue weighted by Gasteiger charge is -2.39. The van der Waals surface area contributed by atoms with Gasteiger partial charge in [-0.2, -0.15) is 0 Å². The summed E-state index contributed by atoms with van der Waals surface area (Å²) in [6.07, 6.45) is 1.42. The van der Waals surface area contributed by atoms with Crippen LogP contribution in [0, 0.1) is 11.8 Å². The van der Waals surface area contributed by atoms with Crippen LogP contribution in [0.15, 0.2) is 30.3 Å². The van der Waals surface area contributed by atoms with Crippen LogP contribution in [0.3, 0.4) is 0 Å². The van der Waals surface area contributed by atoms with Crippen LogP contribution < -0.4 is 10.6 Å². The van der Waals surface area contributed by atoms with Crippen LogP contribution in [-0.2, 0) is 14.4 Å². The maximum Gasteiger partial charge on any atom is 0.244 e. The van der Waals surface area contributed by atoms with Crippen LogP contribution in [0.1, 0.15) is 52.1 Å². The number of hydrogen-bond donors (Lipinski definition) is 3. The summed E-state index contributed by atoms with van der Waals surface area (Å²) >= 11 is 5.38. The van der Waals surface area contributed by atoms with Gasteiger partial charge >= 0.3 is 0 Å². The normalized spacial score (nSPS) is 33.1. The van der Waals surface area contributed by atoms with Gasteiger partial charge in [0.05, 0.1) is 29.2 Å². The molecule has 2 bridgehead atoms. The third-order valence-corrected chi connectivity index (χ3v) is 10.2. The number of likely N-dealkylation sites (tertiary alicyclic amines) is 1. The van der Waals surface area contributed by atoms with Crippen LogP contribution in [-0.4, -0.2) is 67.3 Å². The summed E-state index contributed by atoms with van der Waals surface area (Å²) in [5, 5.41) is 16.4. The second-order valence-corrected chi connectivity index (χ2v) is 13.3. The van der Waals surface area contributed by atoms with Crippen molar-refractivity contribution in [3.63, 3.8) is 0 Å². The molecule has 3 N–H and O–H groups in total. The molecular weight excluding hydrogens is 518 g/mol. The Kier molecular flexibility index (Phi) is 7.10.